The van der Waals surface area contributed by atoms with Crippen molar-refractivity contribution in [2.24, 2.45) is 0 Å². The van der Waals surface area contributed by atoms with Crippen molar-refractivity contribution in [2.75, 3.05) is 6.54 Å². The predicted octanol–water partition coefficient (Wildman–Crippen LogP) is 4.88. The highest BCUT2D eigenvalue weighted by Crippen LogP contribution is 2.31. The van der Waals surface area contributed by atoms with E-state index in [1.54, 1.807) is 0 Å². The standard InChI is InChI=1S/C15H18ClNS/c1-3-8-17-10-12-9-13(16)5-6-14(12)15-7-4-11(2)18-15/h4-7,9,17H,3,8,10H2,1-2H3. The largest absolute Gasteiger partial charge is 0.313 e. The minimum Gasteiger partial charge on any atom is -0.313 e. The van der Waals surface area contributed by atoms with Gasteiger partial charge in [0.15, 0.2) is 0 Å². The zero-order chi connectivity index (χ0) is 13.0. The topological polar surface area (TPSA) is 12.0 Å². The number of benzene rings is 1. The van der Waals surface area contributed by atoms with Gasteiger partial charge in [-0.1, -0.05) is 24.6 Å². The third-order valence-corrected chi connectivity index (χ3v) is 4.08. The Kier molecular flexibility index (Phi) is 4.81. The molecule has 1 aromatic heterocycles. The van der Waals surface area contributed by atoms with E-state index < -0.39 is 0 Å². The Bertz CT molecular complexity index is 519. The van der Waals surface area contributed by atoms with Gasteiger partial charge in [0.1, 0.15) is 0 Å². The summed E-state index contributed by atoms with van der Waals surface area (Å²) in [6, 6.07) is 10.5. The molecule has 18 heavy (non-hydrogen) atoms. The van der Waals surface area contributed by atoms with Crippen LogP contribution in [-0.2, 0) is 6.54 Å². The summed E-state index contributed by atoms with van der Waals surface area (Å²) >= 11 is 7.93. The van der Waals surface area contributed by atoms with Crippen LogP contribution in [0.2, 0.25) is 5.02 Å². The SMILES string of the molecule is CCCNCc1cc(Cl)ccc1-c1ccc(C)s1. The van der Waals surface area contributed by atoms with Crippen molar-refractivity contribution in [1.82, 2.24) is 5.32 Å². The highest BCUT2D eigenvalue weighted by molar-refractivity contribution is 7.15. The summed E-state index contributed by atoms with van der Waals surface area (Å²) < 4.78 is 0. The van der Waals surface area contributed by atoms with Gasteiger partial charge in [-0.2, -0.15) is 0 Å². The Labute approximate surface area is 118 Å². The van der Waals surface area contributed by atoms with Gasteiger partial charge >= 0.3 is 0 Å². The molecule has 0 fully saturated rings. The van der Waals surface area contributed by atoms with Crippen LogP contribution in [0.25, 0.3) is 10.4 Å². The summed E-state index contributed by atoms with van der Waals surface area (Å²) in [5.41, 5.74) is 2.57. The molecule has 0 aliphatic carbocycles. The van der Waals surface area contributed by atoms with Crippen LogP contribution < -0.4 is 5.32 Å². The van der Waals surface area contributed by atoms with Crippen LogP contribution in [0.15, 0.2) is 30.3 Å². The van der Waals surface area contributed by atoms with Gasteiger partial charge in [0, 0.05) is 21.3 Å². The molecular weight excluding hydrogens is 262 g/mol. The fourth-order valence-corrected chi connectivity index (χ4v) is 3.05. The van der Waals surface area contributed by atoms with E-state index in [0.29, 0.717) is 0 Å². The molecule has 2 rings (SSSR count). The number of aryl methyl sites for hydroxylation is 1. The molecule has 0 aliphatic heterocycles. The van der Waals surface area contributed by atoms with E-state index >= 15 is 0 Å². The van der Waals surface area contributed by atoms with Crippen LogP contribution >= 0.6 is 22.9 Å². The molecule has 2 aromatic rings. The Morgan fingerprint density at radius 2 is 2.06 bits per heavy atom. The third kappa shape index (κ3) is 3.35. The summed E-state index contributed by atoms with van der Waals surface area (Å²) in [5.74, 6) is 0. The van der Waals surface area contributed by atoms with Crippen molar-refractivity contribution in [3.8, 4) is 10.4 Å². The molecule has 0 saturated heterocycles. The lowest BCUT2D eigenvalue weighted by Crippen LogP contribution is -2.14. The van der Waals surface area contributed by atoms with Crippen molar-refractivity contribution < 1.29 is 0 Å². The van der Waals surface area contributed by atoms with Gasteiger partial charge in [0.05, 0.1) is 0 Å². The molecule has 0 bridgehead atoms. The molecule has 0 amide bonds. The second-order valence-electron chi connectivity index (χ2n) is 4.39. The second kappa shape index (κ2) is 6.37. The molecule has 0 saturated carbocycles. The minimum atomic E-state index is 0.806. The van der Waals surface area contributed by atoms with Crippen molar-refractivity contribution in [2.45, 2.75) is 26.8 Å². The predicted molar refractivity (Wildman–Crippen MR) is 81.5 cm³/mol. The lowest BCUT2D eigenvalue weighted by molar-refractivity contribution is 0.676. The van der Waals surface area contributed by atoms with E-state index in [0.717, 1.165) is 24.5 Å². The molecule has 1 aromatic carbocycles. The Balaban J connectivity index is 2.28. The Morgan fingerprint density at radius 1 is 1.22 bits per heavy atom. The maximum Gasteiger partial charge on any atom is 0.0409 e. The maximum atomic E-state index is 6.10. The molecule has 1 nitrogen and oxygen atoms in total. The quantitative estimate of drug-likeness (QED) is 0.770. The highest BCUT2D eigenvalue weighted by Gasteiger charge is 2.07. The summed E-state index contributed by atoms with van der Waals surface area (Å²) in [7, 11) is 0. The van der Waals surface area contributed by atoms with Crippen molar-refractivity contribution in [3.63, 3.8) is 0 Å². The number of nitrogens with one attached hydrogen (secondary N) is 1. The molecule has 0 unspecified atom stereocenters. The summed E-state index contributed by atoms with van der Waals surface area (Å²) in [6.45, 7) is 6.23. The molecule has 1 heterocycles. The van der Waals surface area contributed by atoms with Gasteiger partial charge in [0.2, 0.25) is 0 Å². The first-order chi connectivity index (χ1) is 8.70. The van der Waals surface area contributed by atoms with Gasteiger partial charge in [-0.15, -0.1) is 11.3 Å². The number of halogens is 1. The van der Waals surface area contributed by atoms with E-state index in [1.165, 1.54) is 20.9 Å². The van der Waals surface area contributed by atoms with Crippen LogP contribution in [0.4, 0.5) is 0 Å². The van der Waals surface area contributed by atoms with Gasteiger partial charge in [-0.3, -0.25) is 0 Å². The lowest BCUT2D eigenvalue weighted by Gasteiger charge is -2.09. The minimum absolute atomic E-state index is 0.806. The van der Waals surface area contributed by atoms with Crippen LogP contribution in [0.1, 0.15) is 23.8 Å². The molecule has 1 N–H and O–H groups in total. The normalized spacial score (nSPS) is 10.8. The van der Waals surface area contributed by atoms with Crippen LogP contribution in [0, 0.1) is 6.92 Å². The lowest BCUT2D eigenvalue weighted by atomic mass is 10.1. The van der Waals surface area contributed by atoms with Crippen molar-refractivity contribution in [3.05, 3.63) is 45.8 Å². The summed E-state index contributed by atoms with van der Waals surface area (Å²) in [6.07, 6.45) is 1.15. The average Bonchev–Trinajstić information content (AvgIpc) is 2.76. The van der Waals surface area contributed by atoms with E-state index in [2.05, 4.69) is 43.4 Å². The molecule has 3 heteroatoms. The molecule has 96 valence electrons. The first-order valence-corrected chi connectivity index (χ1v) is 7.46. The van der Waals surface area contributed by atoms with Crippen LogP contribution in [-0.4, -0.2) is 6.54 Å². The summed E-state index contributed by atoms with van der Waals surface area (Å²) in [5, 5.41) is 4.25. The van der Waals surface area contributed by atoms with Crippen molar-refractivity contribution >= 4 is 22.9 Å². The van der Waals surface area contributed by atoms with Gasteiger partial charge in [-0.25, -0.2) is 0 Å². The first kappa shape index (κ1) is 13.6. The summed E-state index contributed by atoms with van der Waals surface area (Å²) in [4.78, 5) is 2.66. The molecule has 0 radical (unpaired) electrons. The zero-order valence-electron chi connectivity index (χ0n) is 10.8. The molecular formula is C15H18ClNS. The van der Waals surface area contributed by atoms with Crippen LogP contribution in [0.5, 0.6) is 0 Å². The fraction of sp³-hybridized carbons (Fsp3) is 0.333. The zero-order valence-corrected chi connectivity index (χ0v) is 12.4. The van der Waals surface area contributed by atoms with E-state index in [9.17, 15) is 0 Å². The molecule has 0 spiro atoms. The van der Waals surface area contributed by atoms with E-state index in [4.69, 9.17) is 11.6 Å². The molecule has 0 aliphatic rings. The van der Waals surface area contributed by atoms with E-state index in [1.807, 2.05) is 17.4 Å². The maximum absolute atomic E-state index is 6.10. The number of rotatable bonds is 5. The van der Waals surface area contributed by atoms with Gasteiger partial charge < -0.3 is 5.32 Å². The number of hydrogen-bond donors (Lipinski definition) is 1. The van der Waals surface area contributed by atoms with Crippen LogP contribution in [0.3, 0.4) is 0 Å². The highest BCUT2D eigenvalue weighted by atomic mass is 35.5. The third-order valence-electron chi connectivity index (χ3n) is 2.82. The van der Waals surface area contributed by atoms with E-state index in [-0.39, 0.29) is 0 Å². The number of thiophene rings is 1. The number of hydrogen-bond acceptors (Lipinski definition) is 2. The van der Waals surface area contributed by atoms with Crippen molar-refractivity contribution in [1.29, 1.82) is 0 Å². The monoisotopic (exact) mass is 279 g/mol. The Hall–Kier alpha value is -0.830. The first-order valence-electron chi connectivity index (χ1n) is 6.26. The molecule has 0 atom stereocenters. The smallest absolute Gasteiger partial charge is 0.0409 e. The van der Waals surface area contributed by atoms with Gasteiger partial charge in [0.25, 0.3) is 0 Å². The Morgan fingerprint density at radius 3 is 2.72 bits per heavy atom. The second-order valence-corrected chi connectivity index (χ2v) is 6.11. The van der Waals surface area contributed by atoms with Gasteiger partial charge in [-0.05, 0) is 55.3 Å². The fourth-order valence-electron chi connectivity index (χ4n) is 1.93. The average molecular weight is 280 g/mol.